The Morgan fingerprint density at radius 3 is 2.43 bits per heavy atom. The lowest BCUT2D eigenvalue weighted by atomic mass is 10.1. The molecule has 0 aliphatic rings. The Labute approximate surface area is 178 Å². The lowest BCUT2D eigenvalue weighted by molar-refractivity contribution is 0.834. The van der Waals surface area contributed by atoms with E-state index < -0.39 is 0 Å². The molecule has 0 aliphatic heterocycles. The summed E-state index contributed by atoms with van der Waals surface area (Å²) in [6, 6.07) is 25.0. The summed E-state index contributed by atoms with van der Waals surface area (Å²) < 4.78 is 3.75. The molecule has 146 valence electrons. The molecule has 0 atom stereocenters. The molecular formula is C25H18ClN3O. The van der Waals surface area contributed by atoms with Crippen molar-refractivity contribution in [1.29, 1.82) is 0 Å². The van der Waals surface area contributed by atoms with Crippen LogP contribution in [-0.4, -0.2) is 14.0 Å². The molecule has 0 unspecified atom stereocenters. The maximum absolute atomic E-state index is 13.1. The largest absolute Gasteiger partial charge is 0.305 e. The number of aromatic nitrogens is 3. The molecule has 0 spiro atoms. The van der Waals surface area contributed by atoms with Crippen molar-refractivity contribution in [1.82, 2.24) is 14.0 Å². The molecule has 2 heterocycles. The van der Waals surface area contributed by atoms with Gasteiger partial charge < -0.3 is 4.57 Å². The normalized spacial score (nSPS) is 11.2. The first-order chi connectivity index (χ1) is 14.6. The van der Waals surface area contributed by atoms with E-state index >= 15 is 0 Å². The zero-order valence-electron chi connectivity index (χ0n) is 16.1. The van der Waals surface area contributed by atoms with E-state index in [-0.39, 0.29) is 5.56 Å². The molecule has 0 N–H and O–H groups in total. The molecule has 2 aromatic heterocycles. The minimum atomic E-state index is -0.119. The highest BCUT2D eigenvalue weighted by atomic mass is 35.5. The van der Waals surface area contributed by atoms with Gasteiger partial charge in [-0.2, -0.15) is 0 Å². The van der Waals surface area contributed by atoms with Crippen LogP contribution in [0.4, 0.5) is 0 Å². The smallest absolute Gasteiger partial charge is 0.260 e. The molecule has 4 nitrogen and oxygen atoms in total. The van der Waals surface area contributed by atoms with E-state index in [0.29, 0.717) is 23.0 Å². The Kier molecular flexibility index (Phi) is 4.49. The minimum Gasteiger partial charge on any atom is -0.305 e. The van der Waals surface area contributed by atoms with Gasteiger partial charge in [0.2, 0.25) is 5.78 Å². The molecular weight excluding hydrogens is 394 g/mol. The molecule has 0 saturated carbocycles. The van der Waals surface area contributed by atoms with Crippen LogP contribution in [0, 0.1) is 0 Å². The van der Waals surface area contributed by atoms with E-state index in [1.807, 2.05) is 60.7 Å². The minimum absolute atomic E-state index is 0.119. The van der Waals surface area contributed by atoms with Gasteiger partial charge in [0.1, 0.15) is 0 Å². The topological polar surface area (TPSA) is 39.3 Å². The summed E-state index contributed by atoms with van der Waals surface area (Å²) in [5.41, 5.74) is 5.28. The van der Waals surface area contributed by atoms with Crippen LogP contribution in [0.5, 0.6) is 0 Å². The first-order valence-electron chi connectivity index (χ1n) is 9.62. The van der Waals surface area contributed by atoms with Crippen LogP contribution in [0.15, 0.2) is 90.2 Å². The molecule has 5 heteroatoms. The molecule has 0 radical (unpaired) electrons. The maximum atomic E-state index is 13.1. The molecule has 0 fully saturated rings. The monoisotopic (exact) mass is 411 g/mol. The van der Waals surface area contributed by atoms with E-state index in [1.54, 1.807) is 16.5 Å². The van der Waals surface area contributed by atoms with Crippen molar-refractivity contribution in [3.8, 4) is 11.3 Å². The lowest BCUT2D eigenvalue weighted by Gasteiger charge is -2.08. The zero-order valence-corrected chi connectivity index (χ0v) is 16.9. The van der Waals surface area contributed by atoms with Gasteiger partial charge in [-0.15, -0.1) is 0 Å². The standard InChI is InChI=1S/C25H18ClN3O/c1-2-17-10-12-18(13-11-17)16-28-22-8-3-4-9-23(22)29-24(30)15-21(27-25(28)29)19-6-5-7-20(26)14-19/h2-15H,1,16H2. The quantitative estimate of drug-likeness (QED) is 0.382. The third-order valence-corrected chi connectivity index (χ3v) is 5.47. The van der Waals surface area contributed by atoms with E-state index in [4.69, 9.17) is 16.6 Å². The van der Waals surface area contributed by atoms with Crippen molar-refractivity contribution in [2.45, 2.75) is 6.54 Å². The van der Waals surface area contributed by atoms with E-state index in [2.05, 4.69) is 23.3 Å². The molecule has 0 aliphatic carbocycles. The van der Waals surface area contributed by atoms with Crippen LogP contribution < -0.4 is 5.56 Å². The Morgan fingerprint density at radius 1 is 0.933 bits per heavy atom. The van der Waals surface area contributed by atoms with Gasteiger partial charge in [0, 0.05) is 16.7 Å². The highest BCUT2D eigenvalue weighted by Crippen LogP contribution is 2.24. The maximum Gasteiger partial charge on any atom is 0.260 e. The second kappa shape index (κ2) is 7.32. The van der Waals surface area contributed by atoms with Gasteiger partial charge in [0.05, 0.1) is 23.3 Å². The number of para-hydroxylation sites is 2. The number of benzene rings is 3. The highest BCUT2D eigenvalue weighted by molar-refractivity contribution is 6.30. The van der Waals surface area contributed by atoms with Crippen LogP contribution in [-0.2, 0) is 6.54 Å². The summed E-state index contributed by atoms with van der Waals surface area (Å²) >= 11 is 6.16. The van der Waals surface area contributed by atoms with Gasteiger partial charge in [0.25, 0.3) is 5.56 Å². The Hall–Kier alpha value is -3.63. The number of imidazole rings is 1. The molecule has 30 heavy (non-hydrogen) atoms. The molecule has 0 saturated heterocycles. The number of hydrogen-bond donors (Lipinski definition) is 0. The van der Waals surface area contributed by atoms with Gasteiger partial charge in [-0.25, -0.2) is 9.38 Å². The molecule has 5 rings (SSSR count). The van der Waals surface area contributed by atoms with Crippen LogP contribution in [0.3, 0.4) is 0 Å². The van der Waals surface area contributed by atoms with Crippen molar-refractivity contribution in [3.05, 3.63) is 112 Å². The van der Waals surface area contributed by atoms with Crippen molar-refractivity contribution in [3.63, 3.8) is 0 Å². The second-order valence-corrected chi connectivity index (χ2v) is 7.58. The molecule has 5 aromatic rings. The highest BCUT2D eigenvalue weighted by Gasteiger charge is 2.15. The van der Waals surface area contributed by atoms with E-state index in [9.17, 15) is 4.79 Å². The number of rotatable bonds is 4. The predicted octanol–water partition coefficient (Wildman–Crippen LogP) is 5.66. The van der Waals surface area contributed by atoms with Crippen molar-refractivity contribution >= 4 is 34.5 Å². The SMILES string of the molecule is C=Cc1ccc(Cn2c3ccccc3n3c(=O)cc(-c4cccc(Cl)c4)nc23)cc1. The number of hydrogen-bond acceptors (Lipinski definition) is 2. The van der Waals surface area contributed by atoms with Gasteiger partial charge in [-0.05, 0) is 35.4 Å². The summed E-state index contributed by atoms with van der Waals surface area (Å²) in [6.07, 6.45) is 1.82. The third kappa shape index (κ3) is 3.11. The average molecular weight is 412 g/mol. The average Bonchev–Trinajstić information content (AvgIpc) is 3.08. The summed E-state index contributed by atoms with van der Waals surface area (Å²) in [6.45, 7) is 4.41. The summed E-state index contributed by atoms with van der Waals surface area (Å²) in [7, 11) is 0. The first-order valence-corrected chi connectivity index (χ1v) is 10.0. The fourth-order valence-corrected chi connectivity index (χ4v) is 3.95. The van der Waals surface area contributed by atoms with Crippen LogP contribution >= 0.6 is 11.6 Å². The van der Waals surface area contributed by atoms with Gasteiger partial charge in [-0.1, -0.05) is 72.8 Å². The Morgan fingerprint density at radius 2 is 1.70 bits per heavy atom. The Bertz CT molecular complexity index is 1460. The second-order valence-electron chi connectivity index (χ2n) is 7.15. The fourth-order valence-electron chi connectivity index (χ4n) is 3.76. The van der Waals surface area contributed by atoms with Gasteiger partial charge in [0.15, 0.2) is 0 Å². The summed E-state index contributed by atoms with van der Waals surface area (Å²) in [5.74, 6) is 0.603. The summed E-state index contributed by atoms with van der Waals surface area (Å²) in [5, 5.41) is 0.609. The van der Waals surface area contributed by atoms with E-state index in [1.165, 1.54) is 0 Å². The molecule has 0 bridgehead atoms. The third-order valence-electron chi connectivity index (χ3n) is 5.23. The zero-order chi connectivity index (χ0) is 20.7. The van der Waals surface area contributed by atoms with Crippen LogP contribution in [0.2, 0.25) is 5.02 Å². The molecule has 0 amide bonds. The lowest BCUT2D eigenvalue weighted by Crippen LogP contribution is -2.14. The number of fused-ring (bicyclic) bond motifs is 3. The van der Waals surface area contributed by atoms with Crippen LogP contribution in [0.25, 0.3) is 34.1 Å². The predicted molar refractivity (Wildman–Crippen MR) is 123 cm³/mol. The van der Waals surface area contributed by atoms with Crippen molar-refractivity contribution in [2.24, 2.45) is 0 Å². The van der Waals surface area contributed by atoms with E-state index in [0.717, 1.165) is 27.7 Å². The Balaban J connectivity index is 1.76. The molecule has 3 aromatic carbocycles. The van der Waals surface area contributed by atoms with Crippen molar-refractivity contribution < 1.29 is 0 Å². The summed E-state index contributed by atoms with van der Waals surface area (Å²) in [4.78, 5) is 18.0. The number of halogens is 1. The fraction of sp³-hybridized carbons (Fsp3) is 0.0400. The van der Waals surface area contributed by atoms with Crippen molar-refractivity contribution in [2.75, 3.05) is 0 Å². The van der Waals surface area contributed by atoms with Gasteiger partial charge in [-0.3, -0.25) is 4.79 Å². The first kappa shape index (κ1) is 18.4. The van der Waals surface area contributed by atoms with Gasteiger partial charge >= 0.3 is 0 Å². The number of nitrogens with zero attached hydrogens (tertiary/aromatic N) is 3. The van der Waals surface area contributed by atoms with Crippen LogP contribution in [0.1, 0.15) is 11.1 Å².